The fourth-order valence-electron chi connectivity index (χ4n) is 4.90. The van der Waals surface area contributed by atoms with Gasteiger partial charge in [-0.1, -0.05) is 18.0 Å². The van der Waals surface area contributed by atoms with Crippen molar-refractivity contribution in [2.45, 2.75) is 84.0 Å². The summed E-state index contributed by atoms with van der Waals surface area (Å²) >= 11 is 0. The second kappa shape index (κ2) is 10.4. The summed E-state index contributed by atoms with van der Waals surface area (Å²) in [4.78, 5) is 30.2. The molecule has 2 aliphatic carbocycles. The van der Waals surface area contributed by atoms with E-state index < -0.39 is 5.97 Å². The number of aliphatic carboxylic acids is 1. The van der Waals surface area contributed by atoms with E-state index in [4.69, 9.17) is 14.0 Å². The minimum Gasteiger partial charge on any atom is -0.489 e. The van der Waals surface area contributed by atoms with Gasteiger partial charge in [0.2, 0.25) is 0 Å². The predicted octanol–water partition coefficient (Wildman–Crippen LogP) is 4.89. The van der Waals surface area contributed by atoms with Crippen molar-refractivity contribution < 1.29 is 28.7 Å². The number of amides is 1. The maximum absolute atomic E-state index is 12.5. The van der Waals surface area contributed by atoms with Crippen LogP contribution in [0.15, 0.2) is 16.7 Å². The topological polar surface area (TPSA) is 115 Å². The van der Waals surface area contributed by atoms with E-state index in [1.54, 1.807) is 24.9 Å². The standard InChI is InChI=1S/C25H33N3O6/c1-15-22(33-19-10-6-7-17(13-19)24(29)30)12-11-21(26-15)23-20(16(2)34-27-23)14-32-25(31)28(3)18-8-4-5-9-18/h11-12,17-19H,4-10,13-14H2,1-3H3,(H,29,30)/t17-,19-/m0/s1. The molecule has 184 valence electrons. The Morgan fingerprint density at radius 3 is 2.62 bits per heavy atom. The number of aryl methyl sites for hydroxylation is 2. The smallest absolute Gasteiger partial charge is 0.410 e. The Morgan fingerprint density at radius 1 is 1.15 bits per heavy atom. The van der Waals surface area contributed by atoms with E-state index in [9.17, 15) is 14.7 Å². The second-order valence-corrected chi connectivity index (χ2v) is 9.39. The Kier molecular flexibility index (Phi) is 7.38. The average molecular weight is 472 g/mol. The first-order valence-electron chi connectivity index (χ1n) is 12.1. The zero-order valence-corrected chi connectivity index (χ0v) is 20.1. The largest absolute Gasteiger partial charge is 0.489 e. The zero-order chi connectivity index (χ0) is 24.2. The van der Waals surface area contributed by atoms with Gasteiger partial charge in [-0.25, -0.2) is 9.78 Å². The first-order valence-corrected chi connectivity index (χ1v) is 12.1. The number of carboxylic acid groups (broad SMARTS) is 1. The van der Waals surface area contributed by atoms with Crippen molar-refractivity contribution in [2.24, 2.45) is 5.92 Å². The molecule has 2 aliphatic rings. The van der Waals surface area contributed by atoms with Crippen LogP contribution in [0.2, 0.25) is 0 Å². The van der Waals surface area contributed by atoms with Gasteiger partial charge < -0.3 is 24.0 Å². The van der Waals surface area contributed by atoms with Crippen LogP contribution in [0.1, 0.15) is 68.4 Å². The van der Waals surface area contributed by atoms with Crippen LogP contribution in [0.5, 0.6) is 5.75 Å². The van der Waals surface area contributed by atoms with Crippen LogP contribution in [0.25, 0.3) is 11.4 Å². The monoisotopic (exact) mass is 471 g/mol. The van der Waals surface area contributed by atoms with Gasteiger partial charge in [0.05, 0.1) is 29.0 Å². The van der Waals surface area contributed by atoms with Crippen molar-refractivity contribution in [3.05, 3.63) is 29.2 Å². The fraction of sp³-hybridized carbons (Fsp3) is 0.600. The first kappa shape index (κ1) is 24.0. The minimum atomic E-state index is -0.762. The maximum atomic E-state index is 12.5. The average Bonchev–Trinajstić information content (AvgIpc) is 3.48. The minimum absolute atomic E-state index is 0.0538. The summed E-state index contributed by atoms with van der Waals surface area (Å²) in [6, 6.07) is 3.87. The molecule has 2 aromatic rings. The van der Waals surface area contributed by atoms with Gasteiger partial charge in [-0.2, -0.15) is 0 Å². The Balaban J connectivity index is 1.43. The molecule has 1 amide bonds. The number of ether oxygens (including phenoxy) is 2. The highest BCUT2D eigenvalue weighted by Gasteiger charge is 2.29. The molecule has 0 aromatic carbocycles. The molecule has 0 spiro atoms. The number of nitrogens with zero attached hydrogens (tertiary/aromatic N) is 3. The van der Waals surface area contributed by atoms with E-state index in [0.717, 1.165) is 38.5 Å². The molecular weight excluding hydrogens is 438 g/mol. The van der Waals surface area contributed by atoms with Crippen molar-refractivity contribution in [1.82, 2.24) is 15.0 Å². The number of hydrogen-bond donors (Lipinski definition) is 1. The number of pyridine rings is 1. The van der Waals surface area contributed by atoms with Crippen LogP contribution >= 0.6 is 0 Å². The van der Waals surface area contributed by atoms with Gasteiger partial charge in [-0.3, -0.25) is 4.79 Å². The molecule has 9 nitrogen and oxygen atoms in total. The summed E-state index contributed by atoms with van der Waals surface area (Å²) < 4.78 is 17.1. The summed E-state index contributed by atoms with van der Waals surface area (Å²) in [7, 11) is 1.79. The molecule has 34 heavy (non-hydrogen) atoms. The van der Waals surface area contributed by atoms with E-state index in [0.29, 0.717) is 47.0 Å². The van der Waals surface area contributed by atoms with Crippen LogP contribution < -0.4 is 4.74 Å². The zero-order valence-electron chi connectivity index (χ0n) is 20.1. The molecule has 1 N–H and O–H groups in total. The van der Waals surface area contributed by atoms with Gasteiger partial charge in [-0.05, 0) is 64.5 Å². The lowest BCUT2D eigenvalue weighted by molar-refractivity contribution is -0.143. The molecule has 2 saturated carbocycles. The lowest BCUT2D eigenvalue weighted by Crippen LogP contribution is -2.35. The molecule has 2 atom stereocenters. The van der Waals surface area contributed by atoms with Crippen LogP contribution in [0, 0.1) is 19.8 Å². The number of carbonyl (C=O) groups is 2. The molecule has 2 aromatic heterocycles. The van der Waals surface area contributed by atoms with E-state index in [1.807, 2.05) is 13.0 Å². The highest BCUT2D eigenvalue weighted by atomic mass is 16.6. The summed E-state index contributed by atoms with van der Waals surface area (Å²) in [6.07, 6.45) is 6.69. The highest BCUT2D eigenvalue weighted by Crippen LogP contribution is 2.31. The third-order valence-electron chi connectivity index (χ3n) is 7.03. The van der Waals surface area contributed by atoms with Crippen LogP contribution in [-0.4, -0.2) is 51.4 Å². The Labute approximate surface area is 199 Å². The van der Waals surface area contributed by atoms with Gasteiger partial charge in [0.1, 0.15) is 23.8 Å². The van der Waals surface area contributed by atoms with E-state index in [1.165, 1.54) is 0 Å². The lowest BCUT2D eigenvalue weighted by atomic mass is 9.87. The number of hydrogen-bond acceptors (Lipinski definition) is 7. The molecule has 0 bridgehead atoms. The molecule has 0 saturated heterocycles. The second-order valence-electron chi connectivity index (χ2n) is 9.39. The Hall–Kier alpha value is -3.10. The van der Waals surface area contributed by atoms with Crippen LogP contribution in [-0.2, 0) is 16.1 Å². The third kappa shape index (κ3) is 5.34. The van der Waals surface area contributed by atoms with Crippen molar-refractivity contribution in [3.8, 4) is 17.1 Å². The molecule has 2 heterocycles. The van der Waals surface area contributed by atoms with Crippen molar-refractivity contribution in [2.75, 3.05) is 7.05 Å². The van der Waals surface area contributed by atoms with Gasteiger partial charge >= 0.3 is 12.1 Å². The normalized spacial score (nSPS) is 20.8. The molecule has 2 fully saturated rings. The highest BCUT2D eigenvalue weighted by molar-refractivity contribution is 5.70. The van der Waals surface area contributed by atoms with Gasteiger partial charge in [-0.15, -0.1) is 0 Å². The summed E-state index contributed by atoms with van der Waals surface area (Å²) in [5, 5.41) is 13.5. The maximum Gasteiger partial charge on any atom is 0.410 e. The van der Waals surface area contributed by atoms with E-state index >= 15 is 0 Å². The van der Waals surface area contributed by atoms with Crippen LogP contribution in [0.3, 0.4) is 0 Å². The Morgan fingerprint density at radius 2 is 1.91 bits per heavy atom. The number of carbonyl (C=O) groups excluding carboxylic acids is 1. The van der Waals surface area contributed by atoms with Crippen molar-refractivity contribution in [1.29, 1.82) is 0 Å². The van der Waals surface area contributed by atoms with Gasteiger partial charge in [0.15, 0.2) is 0 Å². The summed E-state index contributed by atoms with van der Waals surface area (Å²) in [5.41, 5.74) is 2.50. The molecular formula is C25H33N3O6. The summed E-state index contributed by atoms with van der Waals surface area (Å²) in [6.45, 7) is 3.68. The number of aromatic nitrogens is 2. The molecule has 0 radical (unpaired) electrons. The van der Waals surface area contributed by atoms with Crippen molar-refractivity contribution >= 4 is 12.1 Å². The Bertz CT molecular complexity index is 1030. The number of carboxylic acids is 1. The number of rotatable bonds is 7. The third-order valence-corrected chi connectivity index (χ3v) is 7.03. The quantitative estimate of drug-likeness (QED) is 0.607. The first-order chi connectivity index (χ1) is 16.3. The van der Waals surface area contributed by atoms with Gasteiger partial charge in [0.25, 0.3) is 0 Å². The fourth-order valence-corrected chi connectivity index (χ4v) is 4.90. The molecule has 0 unspecified atom stereocenters. The molecule has 9 heteroatoms. The van der Waals surface area contributed by atoms with E-state index in [2.05, 4.69) is 10.1 Å². The van der Waals surface area contributed by atoms with Gasteiger partial charge in [0, 0.05) is 13.1 Å². The van der Waals surface area contributed by atoms with E-state index in [-0.39, 0.29) is 30.8 Å². The lowest BCUT2D eigenvalue weighted by Gasteiger charge is -2.27. The van der Waals surface area contributed by atoms with Crippen molar-refractivity contribution in [3.63, 3.8) is 0 Å². The van der Waals surface area contributed by atoms with Crippen LogP contribution in [0.4, 0.5) is 4.79 Å². The molecule has 0 aliphatic heterocycles. The SMILES string of the molecule is Cc1nc(-c2noc(C)c2COC(=O)N(C)C2CCCC2)ccc1O[C@H]1CCC[C@H](C(=O)O)C1. The predicted molar refractivity (Wildman–Crippen MR) is 123 cm³/mol. The summed E-state index contributed by atoms with van der Waals surface area (Å²) in [5.74, 6) is 0.0872. The molecule has 4 rings (SSSR count).